The number of carbonyl (C=O) groups is 1. The minimum absolute atomic E-state index is 0.604. The second kappa shape index (κ2) is 8.21. The summed E-state index contributed by atoms with van der Waals surface area (Å²) in [6.07, 6.45) is 9.56. The normalized spacial score (nSPS) is 10.9. The van der Waals surface area contributed by atoms with Crippen LogP contribution >= 0.6 is 0 Å². The highest BCUT2D eigenvalue weighted by molar-refractivity contribution is 7.84. The Morgan fingerprint density at radius 1 is 0.909 bits per heavy atom. The van der Waals surface area contributed by atoms with Gasteiger partial charge < -0.3 is 4.55 Å². The minimum atomic E-state index is -3.92. The first-order valence-electron chi connectivity index (χ1n) is 6.37. The van der Waals surface area contributed by atoms with Crippen LogP contribution in [0.1, 0.15) is 21.5 Å². The van der Waals surface area contributed by atoms with Gasteiger partial charge in [0, 0.05) is 24.0 Å². The van der Waals surface area contributed by atoms with Gasteiger partial charge in [0.2, 0.25) is 0 Å². The third-order valence-corrected chi connectivity index (χ3v) is 2.55. The topological polar surface area (TPSA) is 78.2 Å². The van der Waals surface area contributed by atoms with E-state index in [1.54, 1.807) is 0 Å². The van der Waals surface area contributed by atoms with Crippen LogP contribution in [0.4, 0.5) is 0 Å². The van der Waals surface area contributed by atoms with Gasteiger partial charge in [-0.15, -0.1) is 0 Å². The van der Waals surface area contributed by atoms with E-state index in [1.165, 1.54) is 0 Å². The Hall–Kier alpha value is -2.31. The molecule has 0 radical (unpaired) electrons. The highest BCUT2D eigenvalue weighted by atomic mass is 32.2. The molecule has 5 nitrogen and oxygen atoms in total. The third-order valence-electron chi connectivity index (χ3n) is 2.55. The highest BCUT2D eigenvalue weighted by Gasteiger charge is 1.92. The lowest BCUT2D eigenvalue weighted by atomic mass is 10.1. The number of pyridine rings is 1. The van der Waals surface area contributed by atoms with Gasteiger partial charge in [-0.25, -0.2) is 13.0 Å². The summed E-state index contributed by atoms with van der Waals surface area (Å²) in [6, 6.07) is 11.6. The van der Waals surface area contributed by atoms with E-state index in [-0.39, 0.29) is 0 Å². The van der Waals surface area contributed by atoms with Crippen LogP contribution in [0.3, 0.4) is 0 Å². The van der Waals surface area contributed by atoms with E-state index in [4.69, 9.17) is 13.0 Å². The Morgan fingerprint density at radius 3 is 1.68 bits per heavy atom. The predicted octanol–water partition coefficient (Wildman–Crippen LogP) is 1.66. The first-order valence-corrected chi connectivity index (χ1v) is 8.19. The van der Waals surface area contributed by atoms with E-state index < -0.39 is 10.1 Å². The van der Waals surface area contributed by atoms with Crippen molar-refractivity contribution in [2.45, 2.75) is 0 Å². The Bertz CT molecular complexity index is 725. The SMILES string of the molecule is CS(=O)(=O)[O-].C[n+]1ccc(C=Cc2ccc(C=O)cc2)cc1. The highest BCUT2D eigenvalue weighted by Crippen LogP contribution is 2.08. The predicted molar refractivity (Wildman–Crippen MR) is 84.0 cm³/mol. The largest absolute Gasteiger partial charge is 0.748 e. The smallest absolute Gasteiger partial charge is 0.169 e. The van der Waals surface area contributed by atoms with Crippen LogP contribution < -0.4 is 4.57 Å². The molecule has 0 fully saturated rings. The molecule has 0 aliphatic carbocycles. The molecule has 0 unspecified atom stereocenters. The number of aldehydes is 1. The average molecular weight is 319 g/mol. The molecular formula is C16H17NO4S. The van der Waals surface area contributed by atoms with Gasteiger partial charge in [0.05, 0.1) is 10.1 Å². The fourth-order valence-corrected chi connectivity index (χ4v) is 1.50. The van der Waals surface area contributed by atoms with Crippen molar-refractivity contribution in [1.29, 1.82) is 0 Å². The number of rotatable bonds is 3. The molecule has 1 heterocycles. The zero-order valence-electron chi connectivity index (χ0n) is 12.3. The van der Waals surface area contributed by atoms with Crippen molar-refractivity contribution < 1.29 is 22.3 Å². The quantitative estimate of drug-likeness (QED) is 0.489. The molecule has 0 bridgehead atoms. The number of hydrogen-bond donors (Lipinski definition) is 0. The second-order valence-corrected chi connectivity index (χ2v) is 6.03. The van der Waals surface area contributed by atoms with Crippen molar-refractivity contribution in [2.24, 2.45) is 7.05 Å². The van der Waals surface area contributed by atoms with Crippen molar-refractivity contribution in [3.8, 4) is 0 Å². The molecule has 0 atom stereocenters. The summed E-state index contributed by atoms with van der Waals surface area (Å²) in [4.78, 5) is 10.5. The lowest BCUT2D eigenvalue weighted by molar-refractivity contribution is -0.671. The molecule has 1 aromatic carbocycles. The van der Waals surface area contributed by atoms with Crippen molar-refractivity contribution >= 4 is 28.6 Å². The van der Waals surface area contributed by atoms with E-state index in [9.17, 15) is 4.79 Å². The Balaban J connectivity index is 0.000000422. The number of aryl methyl sites for hydroxylation is 1. The van der Waals surface area contributed by atoms with Crippen LogP contribution in [0.15, 0.2) is 48.8 Å². The van der Waals surface area contributed by atoms with Gasteiger partial charge >= 0.3 is 0 Å². The van der Waals surface area contributed by atoms with E-state index in [2.05, 4.69) is 18.2 Å². The van der Waals surface area contributed by atoms with Crippen molar-refractivity contribution in [1.82, 2.24) is 0 Å². The van der Waals surface area contributed by atoms with Gasteiger partial charge in [0.15, 0.2) is 12.4 Å². The first kappa shape index (κ1) is 17.7. The zero-order valence-corrected chi connectivity index (χ0v) is 13.2. The summed E-state index contributed by atoms with van der Waals surface area (Å²) in [5.41, 5.74) is 2.94. The molecule has 0 saturated heterocycles. The minimum Gasteiger partial charge on any atom is -0.748 e. The number of hydrogen-bond acceptors (Lipinski definition) is 4. The van der Waals surface area contributed by atoms with E-state index in [0.717, 1.165) is 17.4 Å². The lowest BCUT2D eigenvalue weighted by Gasteiger charge is -1.94. The van der Waals surface area contributed by atoms with Gasteiger partial charge in [-0.2, -0.15) is 0 Å². The number of carbonyl (C=O) groups excluding carboxylic acids is 1. The maximum Gasteiger partial charge on any atom is 0.169 e. The average Bonchev–Trinajstić information content (AvgIpc) is 2.45. The summed E-state index contributed by atoms with van der Waals surface area (Å²) in [5, 5.41) is 0. The summed E-state index contributed by atoms with van der Waals surface area (Å²) >= 11 is 0. The summed E-state index contributed by atoms with van der Waals surface area (Å²) in [7, 11) is -1.92. The molecule has 116 valence electrons. The van der Waals surface area contributed by atoms with Crippen molar-refractivity contribution in [3.63, 3.8) is 0 Å². The monoisotopic (exact) mass is 319 g/mol. The van der Waals surface area contributed by atoms with Crippen LogP contribution in [-0.2, 0) is 17.2 Å². The molecule has 6 heteroatoms. The lowest BCUT2D eigenvalue weighted by Crippen LogP contribution is -2.25. The molecule has 0 aliphatic heterocycles. The van der Waals surface area contributed by atoms with Crippen LogP contribution in [0, 0.1) is 0 Å². The zero-order chi connectivity index (χ0) is 16.6. The molecule has 0 amide bonds. The van der Waals surface area contributed by atoms with Gasteiger partial charge in [-0.1, -0.05) is 36.4 Å². The maximum absolute atomic E-state index is 10.5. The molecule has 0 aliphatic rings. The number of aromatic nitrogens is 1. The van der Waals surface area contributed by atoms with Crippen LogP contribution in [0.25, 0.3) is 12.2 Å². The van der Waals surface area contributed by atoms with E-state index in [0.29, 0.717) is 11.8 Å². The fourth-order valence-electron chi connectivity index (χ4n) is 1.50. The van der Waals surface area contributed by atoms with Crippen LogP contribution in [-0.4, -0.2) is 25.5 Å². The molecular weight excluding hydrogens is 302 g/mol. The third kappa shape index (κ3) is 8.08. The Morgan fingerprint density at radius 2 is 1.27 bits per heavy atom. The Kier molecular flexibility index (Phi) is 6.62. The number of benzene rings is 1. The molecule has 2 rings (SSSR count). The second-order valence-electron chi connectivity index (χ2n) is 4.62. The summed E-state index contributed by atoms with van der Waals surface area (Å²) in [6.45, 7) is 0. The summed E-state index contributed by atoms with van der Waals surface area (Å²) in [5.74, 6) is 0. The maximum atomic E-state index is 10.5. The van der Waals surface area contributed by atoms with E-state index >= 15 is 0 Å². The van der Waals surface area contributed by atoms with Crippen LogP contribution in [0.5, 0.6) is 0 Å². The molecule has 22 heavy (non-hydrogen) atoms. The standard InChI is InChI=1S/C15H14NO.CH4O3S/c1-16-10-8-14(9-11-16)3-2-13-4-6-15(12-17)7-5-13;1-5(2,3)4/h2-12H,1H3;1H3,(H,2,3,4)/q+1;/p-1. The number of nitrogens with zero attached hydrogens (tertiary/aromatic N) is 1. The van der Waals surface area contributed by atoms with Gasteiger partial charge in [-0.05, 0) is 11.1 Å². The molecule has 0 N–H and O–H groups in total. The van der Waals surface area contributed by atoms with Gasteiger partial charge in [0.25, 0.3) is 0 Å². The van der Waals surface area contributed by atoms with Gasteiger partial charge in [0.1, 0.15) is 13.3 Å². The Labute approximate surface area is 130 Å². The molecule has 0 spiro atoms. The van der Waals surface area contributed by atoms with Crippen molar-refractivity contribution in [2.75, 3.05) is 6.26 Å². The fraction of sp³-hybridized carbons (Fsp3) is 0.125. The summed E-state index contributed by atoms with van der Waals surface area (Å²) < 4.78 is 29.2. The molecule has 0 saturated carbocycles. The van der Waals surface area contributed by atoms with Crippen LogP contribution in [0.2, 0.25) is 0 Å². The molecule has 1 aromatic heterocycles. The molecule has 2 aromatic rings. The van der Waals surface area contributed by atoms with Gasteiger partial charge in [-0.3, -0.25) is 4.79 Å². The first-order chi connectivity index (χ1) is 10.3. The van der Waals surface area contributed by atoms with Crippen molar-refractivity contribution in [3.05, 3.63) is 65.5 Å². The van der Waals surface area contributed by atoms with E-state index in [1.807, 2.05) is 54.3 Å².